The zero-order valence-electron chi connectivity index (χ0n) is 18.7. The Morgan fingerprint density at radius 1 is 1.06 bits per heavy atom. The second kappa shape index (κ2) is 11.1. The number of nitrogens with zero attached hydrogens (tertiary/aromatic N) is 1. The molecular weight excluding hydrogens is 524 g/mol. The Labute approximate surface area is 201 Å². The predicted molar refractivity (Wildman–Crippen MR) is 131 cm³/mol. The molecule has 2 rings (SSSR count). The molecule has 2 aromatic carbocycles. The molecule has 0 saturated heterocycles. The van der Waals surface area contributed by atoms with Crippen LogP contribution in [0.4, 0.5) is 0 Å². The highest BCUT2D eigenvalue weighted by molar-refractivity contribution is 9.10. The van der Waals surface area contributed by atoms with E-state index < -0.39 is 6.04 Å². The van der Waals surface area contributed by atoms with Crippen LogP contribution in [0.2, 0.25) is 0 Å². The van der Waals surface area contributed by atoms with E-state index in [2.05, 4.69) is 44.1 Å². The lowest BCUT2D eigenvalue weighted by molar-refractivity contribution is -0.142. The van der Waals surface area contributed by atoms with Crippen molar-refractivity contribution in [2.45, 2.75) is 59.2 Å². The number of carbonyl (C=O) groups is 2. The third-order valence-electron chi connectivity index (χ3n) is 4.69. The lowest BCUT2D eigenvalue weighted by atomic mass is 10.1. The van der Waals surface area contributed by atoms with Crippen molar-refractivity contribution in [2.24, 2.45) is 0 Å². The Bertz CT molecular complexity index is 908. The van der Waals surface area contributed by atoms with Gasteiger partial charge in [-0.25, -0.2) is 0 Å². The van der Waals surface area contributed by atoms with Gasteiger partial charge in [0.25, 0.3) is 5.91 Å². The van der Waals surface area contributed by atoms with Gasteiger partial charge < -0.3 is 15.0 Å². The molecule has 168 valence electrons. The molecule has 0 radical (unpaired) electrons. The molecule has 0 spiro atoms. The fourth-order valence-corrected chi connectivity index (χ4v) is 3.75. The molecule has 0 aliphatic heterocycles. The van der Waals surface area contributed by atoms with E-state index in [4.69, 9.17) is 4.74 Å². The number of halogens is 2. The number of rotatable bonds is 8. The lowest BCUT2D eigenvalue weighted by Crippen LogP contribution is -2.53. The topological polar surface area (TPSA) is 58.6 Å². The normalized spacial score (nSPS) is 12.2. The first-order valence-electron chi connectivity index (χ1n) is 10.3. The van der Waals surface area contributed by atoms with Crippen molar-refractivity contribution >= 4 is 43.7 Å². The maximum atomic E-state index is 13.1. The second-order valence-corrected chi connectivity index (χ2v) is 10.2. The highest BCUT2D eigenvalue weighted by Crippen LogP contribution is 2.26. The van der Waals surface area contributed by atoms with Gasteiger partial charge in [0.05, 0.1) is 4.47 Å². The van der Waals surface area contributed by atoms with Crippen LogP contribution in [-0.2, 0) is 22.6 Å². The number of hydrogen-bond donors (Lipinski definition) is 1. The van der Waals surface area contributed by atoms with Crippen LogP contribution in [0.5, 0.6) is 5.75 Å². The van der Waals surface area contributed by atoms with Crippen molar-refractivity contribution in [1.82, 2.24) is 10.2 Å². The molecule has 31 heavy (non-hydrogen) atoms. The average Bonchev–Trinajstić information content (AvgIpc) is 2.70. The van der Waals surface area contributed by atoms with E-state index in [1.165, 1.54) is 5.56 Å². The highest BCUT2D eigenvalue weighted by atomic mass is 79.9. The van der Waals surface area contributed by atoms with Gasteiger partial charge in [-0.05, 0) is 85.4 Å². The molecule has 0 aliphatic rings. The van der Waals surface area contributed by atoms with Gasteiger partial charge in [0.2, 0.25) is 5.91 Å². The quantitative estimate of drug-likeness (QED) is 0.470. The summed E-state index contributed by atoms with van der Waals surface area (Å²) >= 11 is 6.93. The first-order valence-corrected chi connectivity index (χ1v) is 11.9. The number of nitrogens with one attached hydrogen (secondary N) is 1. The molecule has 0 aromatic heterocycles. The first kappa shape index (κ1) is 25.4. The molecule has 0 saturated carbocycles. The van der Waals surface area contributed by atoms with E-state index in [1.807, 2.05) is 63.2 Å². The van der Waals surface area contributed by atoms with E-state index in [1.54, 1.807) is 11.8 Å². The zero-order chi connectivity index (χ0) is 23.2. The van der Waals surface area contributed by atoms with Crippen LogP contribution in [0.15, 0.2) is 51.4 Å². The average molecular weight is 554 g/mol. The Morgan fingerprint density at radius 2 is 1.68 bits per heavy atom. The van der Waals surface area contributed by atoms with Gasteiger partial charge in [0.15, 0.2) is 6.61 Å². The molecule has 1 N–H and O–H groups in total. The molecule has 0 heterocycles. The number of amides is 2. The van der Waals surface area contributed by atoms with Crippen LogP contribution >= 0.6 is 31.9 Å². The van der Waals surface area contributed by atoms with E-state index in [0.29, 0.717) is 12.3 Å². The molecule has 1 unspecified atom stereocenters. The molecule has 2 aromatic rings. The van der Waals surface area contributed by atoms with Gasteiger partial charge in [-0.3, -0.25) is 9.59 Å². The van der Waals surface area contributed by atoms with Gasteiger partial charge in [-0.1, -0.05) is 41.1 Å². The number of carbonyl (C=O) groups excluding carboxylic acids is 2. The molecule has 1 atom stereocenters. The van der Waals surface area contributed by atoms with Crippen LogP contribution in [0.3, 0.4) is 0 Å². The summed E-state index contributed by atoms with van der Waals surface area (Å²) in [5.74, 6) is 0.137. The Balaban J connectivity index is 2.18. The minimum Gasteiger partial charge on any atom is -0.483 e. The van der Waals surface area contributed by atoms with Crippen molar-refractivity contribution in [3.05, 3.63) is 62.5 Å². The molecule has 0 fully saturated rings. The molecular formula is C24H30Br2N2O3. The van der Waals surface area contributed by atoms with Crippen molar-refractivity contribution in [3.63, 3.8) is 0 Å². The predicted octanol–water partition coefficient (Wildman–Crippen LogP) is 5.48. The summed E-state index contributed by atoms with van der Waals surface area (Å²) in [7, 11) is 0. The Kier molecular flexibility index (Phi) is 9.13. The summed E-state index contributed by atoms with van der Waals surface area (Å²) in [4.78, 5) is 27.5. The summed E-state index contributed by atoms with van der Waals surface area (Å²) < 4.78 is 7.55. The van der Waals surface area contributed by atoms with Crippen LogP contribution in [0, 0.1) is 0 Å². The van der Waals surface area contributed by atoms with E-state index in [9.17, 15) is 9.59 Å². The molecule has 0 aliphatic carbocycles. The second-order valence-electron chi connectivity index (χ2n) is 8.47. The zero-order valence-corrected chi connectivity index (χ0v) is 21.8. The summed E-state index contributed by atoms with van der Waals surface area (Å²) in [6.07, 6.45) is 0.916. The Morgan fingerprint density at radius 3 is 2.23 bits per heavy atom. The van der Waals surface area contributed by atoms with Gasteiger partial charge in [0, 0.05) is 16.6 Å². The lowest BCUT2D eigenvalue weighted by Gasteiger charge is -2.31. The largest absolute Gasteiger partial charge is 0.483 e. The van der Waals surface area contributed by atoms with Crippen molar-refractivity contribution < 1.29 is 14.3 Å². The van der Waals surface area contributed by atoms with Crippen LogP contribution < -0.4 is 10.1 Å². The van der Waals surface area contributed by atoms with Gasteiger partial charge in [-0.15, -0.1) is 0 Å². The van der Waals surface area contributed by atoms with Gasteiger partial charge >= 0.3 is 0 Å². The number of benzene rings is 2. The molecule has 5 nitrogen and oxygen atoms in total. The van der Waals surface area contributed by atoms with Crippen molar-refractivity contribution in [1.29, 1.82) is 0 Å². The molecule has 0 bridgehead atoms. The van der Waals surface area contributed by atoms with Crippen molar-refractivity contribution in [2.75, 3.05) is 6.61 Å². The van der Waals surface area contributed by atoms with E-state index in [0.717, 1.165) is 20.9 Å². The van der Waals surface area contributed by atoms with E-state index >= 15 is 0 Å². The minimum absolute atomic E-state index is 0.159. The summed E-state index contributed by atoms with van der Waals surface area (Å²) in [6.45, 7) is 9.72. The van der Waals surface area contributed by atoms with Crippen LogP contribution in [-0.4, -0.2) is 34.9 Å². The Hall–Kier alpha value is -1.86. The van der Waals surface area contributed by atoms with E-state index in [-0.39, 0.29) is 24.0 Å². The maximum Gasteiger partial charge on any atom is 0.261 e. The monoisotopic (exact) mass is 552 g/mol. The molecule has 2 amide bonds. The third kappa shape index (κ3) is 7.96. The van der Waals surface area contributed by atoms with Crippen LogP contribution in [0.1, 0.15) is 45.7 Å². The van der Waals surface area contributed by atoms with Gasteiger partial charge in [-0.2, -0.15) is 0 Å². The highest BCUT2D eigenvalue weighted by Gasteiger charge is 2.28. The molecule has 7 heteroatoms. The minimum atomic E-state index is -0.648. The maximum absolute atomic E-state index is 13.1. The van der Waals surface area contributed by atoms with Crippen LogP contribution in [0.25, 0.3) is 0 Å². The number of aryl methyl sites for hydroxylation is 1. The fourth-order valence-electron chi connectivity index (χ4n) is 2.95. The summed E-state index contributed by atoms with van der Waals surface area (Å²) in [5.41, 5.74) is 1.72. The number of hydrogen-bond acceptors (Lipinski definition) is 3. The third-order valence-corrected chi connectivity index (χ3v) is 5.84. The van der Waals surface area contributed by atoms with Crippen molar-refractivity contribution in [3.8, 4) is 5.75 Å². The fraction of sp³-hybridized carbons (Fsp3) is 0.417. The number of ether oxygens (including phenoxy) is 1. The summed E-state index contributed by atoms with van der Waals surface area (Å²) in [5, 5.41) is 2.96. The first-order chi connectivity index (χ1) is 14.5. The smallest absolute Gasteiger partial charge is 0.261 e. The summed E-state index contributed by atoms with van der Waals surface area (Å²) in [6, 6.07) is 12.9. The SMILES string of the molecule is CCc1ccc(OCC(=O)N(Cc2ccc(Br)cc2)C(C)C(=O)NC(C)(C)C)c(Br)c1. The van der Waals surface area contributed by atoms with Gasteiger partial charge in [0.1, 0.15) is 11.8 Å². The standard InChI is InChI=1S/C24H30Br2N2O3/c1-6-17-9-12-21(20(26)13-17)31-15-22(29)28(14-18-7-10-19(25)11-8-18)16(2)23(30)27-24(3,4)5/h7-13,16H,6,14-15H2,1-5H3,(H,27,30).